The quantitative estimate of drug-likeness (QED) is 0.370. The number of rotatable bonds is 7. The van der Waals surface area contributed by atoms with Crippen LogP contribution in [0.15, 0.2) is 52.9 Å². The van der Waals surface area contributed by atoms with Gasteiger partial charge in [0.05, 0.1) is 22.0 Å². The van der Waals surface area contributed by atoms with Crippen molar-refractivity contribution in [2.75, 3.05) is 5.32 Å². The number of nitrogens with one attached hydrogen (secondary N) is 1. The van der Waals surface area contributed by atoms with Crippen LogP contribution in [-0.2, 0) is 9.59 Å². The molecule has 4 rings (SSSR count). The summed E-state index contributed by atoms with van der Waals surface area (Å²) in [6.45, 7) is 6.10. The minimum atomic E-state index is -1.12. The molecule has 5 N–H and O–H groups in total. The topological polar surface area (TPSA) is 135 Å². The molecule has 38 heavy (non-hydrogen) atoms. The molecule has 2 amide bonds. The summed E-state index contributed by atoms with van der Waals surface area (Å²) in [7, 11) is 0. The van der Waals surface area contributed by atoms with Gasteiger partial charge in [0, 0.05) is 23.0 Å². The number of carbonyl (C=O) groups is 3. The maximum Gasteiger partial charge on any atom is 0.336 e. The second kappa shape index (κ2) is 12.6. The third kappa shape index (κ3) is 6.43. The van der Waals surface area contributed by atoms with E-state index in [0.29, 0.717) is 22.9 Å². The molecule has 2 aromatic rings. The van der Waals surface area contributed by atoms with E-state index < -0.39 is 12.0 Å². The standard InChI is InChI=1S/C28H31N3O4S2.H3N/c1-16(2)31(27(33)19-6-4-17(3)5-7-19)24-13-20(12-22(25(24)36)28(34)35)18-8-10-21(11-9-18)30-26(32)23-14-37-15-29-23;/h8-17,19,24H,4-7H2,1-3H3,(H,30,32)(H,34,35);1H3/t17-,19-,24?;. The number of benzene rings is 1. The van der Waals surface area contributed by atoms with Crippen molar-refractivity contribution in [3.63, 3.8) is 0 Å². The average molecular weight is 555 g/mol. The molecule has 1 aromatic heterocycles. The maximum absolute atomic E-state index is 13.7. The normalized spacial score (nSPS) is 21.2. The number of amides is 2. The van der Waals surface area contributed by atoms with Crippen LogP contribution < -0.4 is 11.5 Å². The largest absolute Gasteiger partial charge is 0.478 e. The van der Waals surface area contributed by atoms with E-state index in [2.05, 4.69) is 17.2 Å². The highest BCUT2D eigenvalue weighted by Gasteiger charge is 2.37. The molecule has 1 aromatic carbocycles. The van der Waals surface area contributed by atoms with Gasteiger partial charge in [-0.1, -0.05) is 31.3 Å². The van der Waals surface area contributed by atoms with Crippen molar-refractivity contribution < 1.29 is 19.5 Å². The highest BCUT2D eigenvalue weighted by molar-refractivity contribution is 7.81. The molecule has 1 unspecified atom stereocenters. The van der Waals surface area contributed by atoms with Crippen LogP contribution in [0.2, 0.25) is 0 Å². The number of aliphatic carboxylic acids is 1. The highest BCUT2D eigenvalue weighted by atomic mass is 32.1. The van der Waals surface area contributed by atoms with Crippen LogP contribution in [0.5, 0.6) is 0 Å². The lowest BCUT2D eigenvalue weighted by Crippen LogP contribution is -2.51. The lowest BCUT2D eigenvalue weighted by molar-refractivity contribution is -0.139. The predicted octanol–water partition coefficient (Wildman–Crippen LogP) is 5.77. The number of hydrogen-bond acceptors (Lipinski definition) is 7. The first-order valence-electron chi connectivity index (χ1n) is 12.5. The van der Waals surface area contributed by atoms with E-state index in [1.807, 2.05) is 32.1 Å². The number of aromatic nitrogens is 1. The maximum atomic E-state index is 13.7. The van der Waals surface area contributed by atoms with Crippen molar-refractivity contribution in [1.82, 2.24) is 16.0 Å². The van der Waals surface area contributed by atoms with Gasteiger partial charge in [-0.15, -0.1) is 11.3 Å². The molecule has 0 aliphatic heterocycles. The zero-order chi connectivity index (χ0) is 26.7. The Hall–Kier alpha value is -3.21. The molecule has 1 fully saturated rings. The Kier molecular flexibility index (Phi) is 9.70. The van der Waals surface area contributed by atoms with Crippen LogP contribution in [0.1, 0.15) is 62.5 Å². The lowest BCUT2D eigenvalue weighted by atomic mass is 9.81. The Bertz CT molecular complexity index is 1240. The summed E-state index contributed by atoms with van der Waals surface area (Å²) < 4.78 is 0. The third-order valence-electron chi connectivity index (χ3n) is 7.02. The number of nitrogens with zero attached hydrogens (tertiary/aromatic N) is 2. The Morgan fingerprint density at radius 2 is 1.79 bits per heavy atom. The second-order valence-corrected chi connectivity index (χ2v) is 11.2. The number of allylic oxidation sites excluding steroid dienone is 2. The van der Waals surface area contributed by atoms with Gasteiger partial charge in [0.1, 0.15) is 5.69 Å². The van der Waals surface area contributed by atoms with E-state index >= 15 is 0 Å². The summed E-state index contributed by atoms with van der Waals surface area (Å²) in [5.74, 6) is -0.827. The van der Waals surface area contributed by atoms with E-state index in [4.69, 9.17) is 12.2 Å². The SMILES string of the molecule is CC(C)N(C(=O)[C@H]1CC[C@H](C)CC1)C1C=C(c2ccc(NC(=O)c3cscn3)cc2)C=C(C(=O)O)C1=S.N. The first-order chi connectivity index (χ1) is 17.7. The van der Waals surface area contributed by atoms with Crippen molar-refractivity contribution >= 4 is 57.5 Å². The molecule has 2 aliphatic rings. The first kappa shape index (κ1) is 29.3. The molecule has 2 aliphatic carbocycles. The molecule has 202 valence electrons. The van der Waals surface area contributed by atoms with Crippen LogP contribution in [0.4, 0.5) is 5.69 Å². The van der Waals surface area contributed by atoms with Gasteiger partial charge in [-0.2, -0.15) is 0 Å². The van der Waals surface area contributed by atoms with Gasteiger partial charge in [0.15, 0.2) is 0 Å². The average Bonchev–Trinajstić information content (AvgIpc) is 3.41. The van der Waals surface area contributed by atoms with Crippen LogP contribution >= 0.6 is 23.6 Å². The van der Waals surface area contributed by atoms with E-state index in [1.165, 1.54) is 11.3 Å². The molecule has 1 atom stereocenters. The van der Waals surface area contributed by atoms with Gasteiger partial charge >= 0.3 is 5.97 Å². The lowest BCUT2D eigenvalue weighted by Gasteiger charge is -2.39. The van der Waals surface area contributed by atoms with Gasteiger partial charge in [-0.25, -0.2) is 9.78 Å². The van der Waals surface area contributed by atoms with E-state index in [-0.39, 0.29) is 40.4 Å². The number of hydrogen-bond donors (Lipinski definition) is 3. The molecule has 10 heteroatoms. The van der Waals surface area contributed by atoms with Crippen molar-refractivity contribution in [1.29, 1.82) is 0 Å². The Labute approximate surface area is 232 Å². The minimum absolute atomic E-state index is 0. The number of anilines is 1. The summed E-state index contributed by atoms with van der Waals surface area (Å²) in [6, 6.07) is 6.36. The summed E-state index contributed by atoms with van der Waals surface area (Å²) in [5.41, 5.74) is 4.00. The van der Waals surface area contributed by atoms with Crippen LogP contribution in [-0.4, -0.2) is 49.7 Å². The Morgan fingerprint density at radius 3 is 2.34 bits per heavy atom. The van der Waals surface area contributed by atoms with Crippen LogP contribution in [0, 0.1) is 11.8 Å². The van der Waals surface area contributed by atoms with Gasteiger partial charge in [0.2, 0.25) is 5.91 Å². The van der Waals surface area contributed by atoms with E-state index in [9.17, 15) is 19.5 Å². The van der Waals surface area contributed by atoms with Crippen molar-refractivity contribution in [2.45, 2.75) is 58.5 Å². The van der Waals surface area contributed by atoms with E-state index in [1.54, 1.807) is 34.0 Å². The molecule has 0 radical (unpaired) electrons. The highest BCUT2D eigenvalue weighted by Crippen LogP contribution is 2.34. The molecule has 1 saturated carbocycles. The number of thiazole rings is 1. The third-order valence-corrected chi connectivity index (χ3v) is 8.07. The molecule has 0 bridgehead atoms. The molecule has 1 heterocycles. The number of carboxylic acids is 1. The van der Waals surface area contributed by atoms with Gasteiger partial charge in [-0.05, 0) is 80.9 Å². The zero-order valence-electron chi connectivity index (χ0n) is 21.8. The molecular formula is C28H34N4O4S2. The molecular weight excluding hydrogens is 520 g/mol. The molecule has 0 spiro atoms. The number of carbonyl (C=O) groups excluding carboxylic acids is 2. The molecule has 0 saturated heterocycles. The van der Waals surface area contributed by atoms with Crippen molar-refractivity contribution in [3.8, 4) is 0 Å². The monoisotopic (exact) mass is 554 g/mol. The van der Waals surface area contributed by atoms with Crippen molar-refractivity contribution in [3.05, 3.63) is 64.1 Å². The fraction of sp³-hybridized carbons (Fsp3) is 0.393. The summed E-state index contributed by atoms with van der Waals surface area (Å²) in [4.78, 5) is 44.1. The number of carboxylic acid groups (broad SMARTS) is 1. The summed E-state index contributed by atoms with van der Waals surface area (Å²) >= 11 is 6.98. The number of thiocarbonyl (C=S) groups is 1. The van der Waals surface area contributed by atoms with Gasteiger partial charge in [0.25, 0.3) is 5.91 Å². The first-order valence-corrected chi connectivity index (χ1v) is 13.8. The predicted molar refractivity (Wildman–Crippen MR) is 155 cm³/mol. The minimum Gasteiger partial charge on any atom is -0.478 e. The zero-order valence-corrected chi connectivity index (χ0v) is 23.5. The van der Waals surface area contributed by atoms with Crippen LogP contribution in [0.3, 0.4) is 0 Å². The van der Waals surface area contributed by atoms with E-state index in [0.717, 1.165) is 31.2 Å². The fourth-order valence-corrected chi connectivity index (χ4v) is 5.79. The Balaban J connectivity index is 0.00000400. The van der Waals surface area contributed by atoms with Gasteiger partial charge < -0.3 is 21.5 Å². The summed E-state index contributed by atoms with van der Waals surface area (Å²) in [6.07, 6.45) is 7.18. The summed E-state index contributed by atoms with van der Waals surface area (Å²) in [5, 5.41) is 14.4. The van der Waals surface area contributed by atoms with Crippen molar-refractivity contribution in [2.24, 2.45) is 11.8 Å². The smallest absolute Gasteiger partial charge is 0.336 e. The Morgan fingerprint density at radius 1 is 1.13 bits per heavy atom. The van der Waals surface area contributed by atoms with Crippen LogP contribution in [0.25, 0.3) is 5.57 Å². The molecule has 8 nitrogen and oxygen atoms in total. The van der Waals surface area contributed by atoms with Gasteiger partial charge in [-0.3, -0.25) is 9.59 Å². The fourth-order valence-electron chi connectivity index (χ4n) is 4.93. The second-order valence-electron chi connectivity index (χ2n) is 10.00.